The van der Waals surface area contributed by atoms with Crippen LogP contribution in [-0.2, 0) is 6.61 Å². The molecule has 0 atom stereocenters. The maximum atomic E-state index is 9.93. The monoisotopic (exact) mass is 392 g/mol. The lowest BCUT2D eigenvalue weighted by Crippen LogP contribution is -2.04. The van der Waals surface area contributed by atoms with E-state index in [-0.39, 0.29) is 5.75 Å². The molecule has 4 rings (SSSR count). The normalized spacial score (nSPS) is 14.8. The second-order valence-electron chi connectivity index (χ2n) is 7.54. The Labute approximate surface area is 171 Å². The fraction of sp³-hybridized carbons (Fsp3) is 0.280. The molecule has 0 aliphatic heterocycles. The highest BCUT2D eigenvalue weighted by Crippen LogP contribution is 2.34. The van der Waals surface area contributed by atoms with E-state index in [1.165, 1.54) is 37.7 Å². The van der Waals surface area contributed by atoms with Crippen molar-refractivity contribution in [3.05, 3.63) is 82.9 Å². The zero-order chi connectivity index (χ0) is 19.3. The van der Waals surface area contributed by atoms with Crippen molar-refractivity contribution in [3.63, 3.8) is 0 Å². The molecule has 0 saturated heterocycles. The van der Waals surface area contributed by atoms with E-state index < -0.39 is 0 Å². The zero-order valence-electron chi connectivity index (χ0n) is 15.9. The number of phenols is 1. The molecule has 28 heavy (non-hydrogen) atoms. The molecule has 0 aromatic heterocycles. The minimum Gasteiger partial charge on any atom is -0.508 e. The van der Waals surface area contributed by atoms with Crippen LogP contribution in [-0.4, -0.2) is 5.11 Å². The minimum atomic E-state index is 0.240. The van der Waals surface area contributed by atoms with Gasteiger partial charge in [-0.15, -0.1) is 0 Å². The largest absolute Gasteiger partial charge is 0.508 e. The van der Waals surface area contributed by atoms with Crippen molar-refractivity contribution in [3.8, 4) is 22.6 Å². The second-order valence-corrected chi connectivity index (χ2v) is 7.98. The lowest BCUT2D eigenvalue weighted by molar-refractivity contribution is 0.305. The molecule has 1 aliphatic carbocycles. The average molecular weight is 393 g/mol. The Bertz CT molecular complexity index is 910. The Balaban J connectivity index is 1.48. The standard InChI is InChI=1S/C25H25ClO2/c26-22-10-6-20(7-11-22)25-15-12-23(27)16-21(25)17-28-24-13-8-19(9-14-24)18-4-2-1-3-5-18/h6-16,18,27H,1-5,17H2. The van der Waals surface area contributed by atoms with E-state index in [4.69, 9.17) is 16.3 Å². The Morgan fingerprint density at radius 3 is 2.29 bits per heavy atom. The van der Waals surface area contributed by atoms with Gasteiger partial charge in [0.15, 0.2) is 0 Å². The van der Waals surface area contributed by atoms with Gasteiger partial charge in [-0.1, -0.05) is 61.2 Å². The molecule has 2 nitrogen and oxygen atoms in total. The fourth-order valence-electron chi connectivity index (χ4n) is 4.04. The first-order valence-electron chi connectivity index (χ1n) is 9.99. The van der Waals surface area contributed by atoms with E-state index in [1.807, 2.05) is 30.3 Å². The van der Waals surface area contributed by atoms with Crippen LogP contribution in [0.5, 0.6) is 11.5 Å². The third-order valence-electron chi connectivity index (χ3n) is 5.60. The van der Waals surface area contributed by atoms with Crippen LogP contribution in [0.1, 0.15) is 49.1 Å². The molecule has 1 aliphatic rings. The molecule has 1 N–H and O–H groups in total. The van der Waals surface area contributed by atoms with Crippen molar-refractivity contribution >= 4 is 11.6 Å². The van der Waals surface area contributed by atoms with Crippen molar-refractivity contribution in [1.29, 1.82) is 0 Å². The Kier molecular flexibility index (Phi) is 5.87. The smallest absolute Gasteiger partial charge is 0.119 e. The van der Waals surface area contributed by atoms with Crippen LogP contribution in [0.4, 0.5) is 0 Å². The van der Waals surface area contributed by atoms with Crippen molar-refractivity contribution in [2.45, 2.75) is 44.6 Å². The van der Waals surface area contributed by atoms with Gasteiger partial charge < -0.3 is 9.84 Å². The molecule has 0 heterocycles. The van der Waals surface area contributed by atoms with Crippen molar-refractivity contribution in [1.82, 2.24) is 0 Å². The van der Waals surface area contributed by atoms with Crippen molar-refractivity contribution in [2.24, 2.45) is 0 Å². The fourth-order valence-corrected chi connectivity index (χ4v) is 4.17. The van der Waals surface area contributed by atoms with Crippen molar-refractivity contribution in [2.75, 3.05) is 0 Å². The summed E-state index contributed by atoms with van der Waals surface area (Å²) in [5.74, 6) is 1.79. The summed E-state index contributed by atoms with van der Waals surface area (Å²) in [4.78, 5) is 0. The summed E-state index contributed by atoms with van der Waals surface area (Å²) in [6, 6.07) is 21.6. The molecule has 144 valence electrons. The number of rotatable bonds is 5. The topological polar surface area (TPSA) is 29.5 Å². The van der Waals surface area contributed by atoms with Gasteiger partial charge in [0, 0.05) is 10.6 Å². The third-order valence-corrected chi connectivity index (χ3v) is 5.85. The first-order chi connectivity index (χ1) is 13.7. The molecule has 0 amide bonds. The molecule has 1 fully saturated rings. The summed E-state index contributed by atoms with van der Waals surface area (Å²) in [6.45, 7) is 0.398. The van der Waals surface area contributed by atoms with Gasteiger partial charge in [0.05, 0.1) is 0 Å². The van der Waals surface area contributed by atoms with Crippen LogP contribution in [0.25, 0.3) is 11.1 Å². The molecule has 0 radical (unpaired) electrons. The van der Waals surface area contributed by atoms with Crippen LogP contribution < -0.4 is 4.74 Å². The van der Waals surface area contributed by atoms with Crippen LogP contribution in [0.15, 0.2) is 66.7 Å². The van der Waals surface area contributed by atoms with Gasteiger partial charge in [-0.05, 0) is 71.8 Å². The number of benzene rings is 3. The summed E-state index contributed by atoms with van der Waals surface area (Å²) in [7, 11) is 0. The Morgan fingerprint density at radius 2 is 1.57 bits per heavy atom. The van der Waals surface area contributed by atoms with E-state index >= 15 is 0 Å². The molecule has 0 unspecified atom stereocenters. The van der Waals surface area contributed by atoms with E-state index in [0.29, 0.717) is 17.5 Å². The van der Waals surface area contributed by atoms with Crippen molar-refractivity contribution < 1.29 is 9.84 Å². The molecule has 1 saturated carbocycles. The number of hydrogen-bond acceptors (Lipinski definition) is 2. The van der Waals surface area contributed by atoms with Gasteiger partial charge in [-0.3, -0.25) is 0 Å². The molecule has 3 aromatic carbocycles. The predicted octanol–water partition coefficient (Wildman–Crippen LogP) is 7.34. The SMILES string of the molecule is Oc1ccc(-c2ccc(Cl)cc2)c(COc2ccc(C3CCCCC3)cc2)c1. The predicted molar refractivity (Wildman–Crippen MR) is 115 cm³/mol. The summed E-state index contributed by atoms with van der Waals surface area (Å²) in [5, 5.41) is 10.6. The second kappa shape index (κ2) is 8.70. The number of aromatic hydroxyl groups is 1. The quantitative estimate of drug-likeness (QED) is 0.492. The summed E-state index contributed by atoms with van der Waals surface area (Å²) in [6.07, 6.45) is 6.65. The highest BCUT2D eigenvalue weighted by Gasteiger charge is 2.15. The first kappa shape index (κ1) is 18.9. The van der Waals surface area contributed by atoms with Crippen LogP contribution in [0.3, 0.4) is 0 Å². The van der Waals surface area contributed by atoms with E-state index in [2.05, 4.69) is 24.3 Å². The Hall–Kier alpha value is -2.45. The van der Waals surface area contributed by atoms with Gasteiger partial charge in [0.2, 0.25) is 0 Å². The highest BCUT2D eigenvalue weighted by atomic mass is 35.5. The van der Waals surface area contributed by atoms with Crippen LogP contribution >= 0.6 is 11.6 Å². The number of ether oxygens (including phenoxy) is 1. The molecular weight excluding hydrogens is 368 g/mol. The van der Waals surface area contributed by atoms with Crippen LogP contribution in [0, 0.1) is 0 Å². The molecular formula is C25H25ClO2. The maximum Gasteiger partial charge on any atom is 0.119 e. The maximum absolute atomic E-state index is 9.93. The molecule has 3 aromatic rings. The highest BCUT2D eigenvalue weighted by molar-refractivity contribution is 6.30. The van der Waals surface area contributed by atoms with Gasteiger partial charge in [0.25, 0.3) is 0 Å². The van der Waals surface area contributed by atoms with E-state index in [1.54, 1.807) is 12.1 Å². The van der Waals surface area contributed by atoms with Gasteiger partial charge in [-0.25, -0.2) is 0 Å². The average Bonchev–Trinajstić information content (AvgIpc) is 2.74. The van der Waals surface area contributed by atoms with Gasteiger partial charge in [0.1, 0.15) is 18.1 Å². The lowest BCUT2D eigenvalue weighted by Gasteiger charge is -2.22. The lowest BCUT2D eigenvalue weighted by atomic mass is 9.84. The molecule has 0 bridgehead atoms. The molecule has 3 heteroatoms. The minimum absolute atomic E-state index is 0.240. The van der Waals surface area contributed by atoms with Gasteiger partial charge in [-0.2, -0.15) is 0 Å². The number of phenolic OH excluding ortho intramolecular Hbond substituents is 1. The zero-order valence-corrected chi connectivity index (χ0v) is 16.7. The molecule has 0 spiro atoms. The number of halogens is 1. The van der Waals surface area contributed by atoms with Crippen LogP contribution in [0.2, 0.25) is 5.02 Å². The van der Waals surface area contributed by atoms with Gasteiger partial charge >= 0.3 is 0 Å². The first-order valence-corrected chi connectivity index (χ1v) is 10.4. The third kappa shape index (κ3) is 4.51. The number of hydrogen-bond donors (Lipinski definition) is 1. The summed E-state index contributed by atoms with van der Waals surface area (Å²) >= 11 is 6.01. The van der Waals surface area contributed by atoms with E-state index in [0.717, 1.165) is 22.4 Å². The Morgan fingerprint density at radius 1 is 0.857 bits per heavy atom. The summed E-state index contributed by atoms with van der Waals surface area (Å²) in [5.41, 5.74) is 4.45. The van der Waals surface area contributed by atoms with E-state index in [9.17, 15) is 5.11 Å². The summed E-state index contributed by atoms with van der Waals surface area (Å²) < 4.78 is 6.04.